The van der Waals surface area contributed by atoms with Gasteiger partial charge >= 0.3 is 5.97 Å². The molecule has 0 spiro atoms. The van der Waals surface area contributed by atoms with Crippen molar-refractivity contribution < 1.29 is 14.3 Å². The van der Waals surface area contributed by atoms with E-state index < -0.39 is 5.97 Å². The molecule has 110 valence electrons. The minimum Gasteiger partial charge on any atom is -0.478 e. The van der Waals surface area contributed by atoms with E-state index in [0.717, 1.165) is 11.1 Å². The van der Waals surface area contributed by atoms with Gasteiger partial charge in [-0.3, -0.25) is 0 Å². The van der Waals surface area contributed by atoms with Crippen molar-refractivity contribution in [3.8, 4) is 17.1 Å². The third-order valence-corrected chi connectivity index (χ3v) is 3.32. The van der Waals surface area contributed by atoms with Crippen molar-refractivity contribution in [3.05, 3.63) is 65.7 Å². The second-order valence-electron chi connectivity index (χ2n) is 4.80. The van der Waals surface area contributed by atoms with Gasteiger partial charge in [0.2, 0.25) is 0 Å². The van der Waals surface area contributed by atoms with Gasteiger partial charge in [-0.05, 0) is 48.9 Å². The maximum atomic E-state index is 13.3. The van der Waals surface area contributed by atoms with Crippen molar-refractivity contribution in [1.82, 2.24) is 14.8 Å². The molecule has 0 bridgehead atoms. The lowest BCUT2D eigenvalue weighted by atomic mass is 10.1. The van der Waals surface area contributed by atoms with Crippen LogP contribution in [0.3, 0.4) is 0 Å². The first kappa shape index (κ1) is 13.9. The van der Waals surface area contributed by atoms with E-state index in [2.05, 4.69) is 10.1 Å². The van der Waals surface area contributed by atoms with Gasteiger partial charge in [0, 0.05) is 11.8 Å². The lowest BCUT2D eigenvalue weighted by Crippen LogP contribution is -2.05. The lowest BCUT2D eigenvalue weighted by molar-refractivity contribution is 0.0696. The van der Waals surface area contributed by atoms with Gasteiger partial charge in [-0.2, -0.15) is 5.10 Å². The predicted molar refractivity (Wildman–Crippen MR) is 78.4 cm³/mol. The summed E-state index contributed by atoms with van der Waals surface area (Å²) in [7, 11) is 0. The zero-order valence-corrected chi connectivity index (χ0v) is 11.7. The van der Waals surface area contributed by atoms with E-state index in [1.54, 1.807) is 25.3 Å². The van der Waals surface area contributed by atoms with E-state index in [4.69, 9.17) is 5.11 Å². The minimum absolute atomic E-state index is 0.127. The molecule has 0 saturated heterocycles. The smallest absolute Gasteiger partial charge is 0.335 e. The van der Waals surface area contributed by atoms with E-state index >= 15 is 0 Å². The maximum absolute atomic E-state index is 13.3. The Morgan fingerprint density at radius 3 is 2.73 bits per heavy atom. The van der Waals surface area contributed by atoms with Crippen LogP contribution in [0.2, 0.25) is 0 Å². The van der Waals surface area contributed by atoms with Gasteiger partial charge in [-0.1, -0.05) is 0 Å². The number of halogens is 1. The summed E-state index contributed by atoms with van der Waals surface area (Å²) in [5.41, 5.74) is 2.41. The molecule has 1 aromatic carbocycles. The number of pyridine rings is 1. The fourth-order valence-electron chi connectivity index (χ4n) is 2.27. The van der Waals surface area contributed by atoms with Crippen molar-refractivity contribution >= 4 is 5.97 Å². The van der Waals surface area contributed by atoms with Crippen LogP contribution in [0.4, 0.5) is 4.39 Å². The third-order valence-electron chi connectivity index (χ3n) is 3.32. The van der Waals surface area contributed by atoms with Gasteiger partial charge in [0.15, 0.2) is 5.82 Å². The second kappa shape index (κ2) is 5.40. The molecule has 3 aromatic rings. The highest BCUT2D eigenvalue weighted by Crippen LogP contribution is 2.25. The highest BCUT2D eigenvalue weighted by molar-refractivity contribution is 5.88. The largest absolute Gasteiger partial charge is 0.478 e. The van der Waals surface area contributed by atoms with Crippen LogP contribution in [0.15, 0.2) is 48.8 Å². The van der Waals surface area contributed by atoms with Crippen LogP contribution in [-0.4, -0.2) is 25.8 Å². The fraction of sp³-hybridized carbons (Fsp3) is 0.0625. The molecular weight excluding hydrogens is 285 g/mol. The number of aromatic carboxylic acids is 1. The van der Waals surface area contributed by atoms with Crippen LogP contribution in [0.5, 0.6) is 0 Å². The van der Waals surface area contributed by atoms with E-state index in [-0.39, 0.29) is 11.4 Å². The van der Waals surface area contributed by atoms with Gasteiger partial charge in [0.25, 0.3) is 0 Å². The molecule has 0 fully saturated rings. The highest BCUT2D eigenvalue weighted by Gasteiger charge is 2.13. The van der Waals surface area contributed by atoms with Gasteiger partial charge in [0.05, 0.1) is 17.5 Å². The normalized spacial score (nSPS) is 10.6. The standard InChI is InChI=1S/C16H12FN3O2/c1-10-8-12(17)2-3-13(10)14-5-7-19-20(14)15-9-11(16(21)22)4-6-18-15/h2-9H,1H3,(H,21,22). The number of hydrogen-bond donors (Lipinski definition) is 1. The SMILES string of the molecule is Cc1cc(F)ccc1-c1ccnn1-c1cc(C(=O)O)ccn1. The number of hydrogen-bond acceptors (Lipinski definition) is 3. The Labute approximate surface area is 125 Å². The van der Waals surface area contributed by atoms with Crippen LogP contribution in [0.25, 0.3) is 17.1 Å². The molecule has 0 aliphatic rings. The first-order valence-electron chi connectivity index (χ1n) is 6.56. The summed E-state index contributed by atoms with van der Waals surface area (Å²) in [4.78, 5) is 15.2. The molecule has 0 radical (unpaired) electrons. The van der Waals surface area contributed by atoms with Crippen LogP contribution >= 0.6 is 0 Å². The summed E-state index contributed by atoms with van der Waals surface area (Å²) in [5.74, 6) is -0.947. The van der Waals surface area contributed by atoms with Crippen molar-refractivity contribution in [2.24, 2.45) is 0 Å². The Kier molecular flexibility index (Phi) is 3.42. The van der Waals surface area contributed by atoms with E-state index in [0.29, 0.717) is 11.5 Å². The molecule has 0 aliphatic heterocycles. The molecule has 2 heterocycles. The Morgan fingerprint density at radius 1 is 1.18 bits per heavy atom. The van der Waals surface area contributed by atoms with Gasteiger partial charge in [0.1, 0.15) is 5.82 Å². The fourth-order valence-corrected chi connectivity index (χ4v) is 2.27. The predicted octanol–water partition coefficient (Wildman–Crippen LogP) is 3.08. The van der Waals surface area contributed by atoms with Crippen molar-refractivity contribution in [2.45, 2.75) is 6.92 Å². The zero-order valence-electron chi connectivity index (χ0n) is 11.7. The zero-order chi connectivity index (χ0) is 15.7. The summed E-state index contributed by atoms with van der Waals surface area (Å²) in [6.07, 6.45) is 3.01. The number of benzene rings is 1. The average molecular weight is 297 g/mol. The van der Waals surface area contributed by atoms with Crippen molar-refractivity contribution in [1.29, 1.82) is 0 Å². The summed E-state index contributed by atoms with van der Waals surface area (Å²) in [6.45, 7) is 1.80. The maximum Gasteiger partial charge on any atom is 0.335 e. The molecule has 3 rings (SSSR count). The summed E-state index contributed by atoms with van der Waals surface area (Å²) < 4.78 is 14.8. The molecule has 0 aliphatic carbocycles. The molecule has 2 aromatic heterocycles. The Balaban J connectivity index is 2.13. The third kappa shape index (κ3) is 2.46. The van der Waals surface area contributed by atoms with Crippen LogP contribution in [0, 0.1) is 12.7 Å². The van der Waals surface area contributed by atoms with E-state index in [1.807, 2.05) is 0 Å². The van der Waals surface area contributed by atoms with Crippen LogP contribution in [0.1, 0.15) is 15.9 Å². The number of rotatable bonds is 3. The molecule has 0 amide bonds. The van der Waals surface area contributed by atoms with Crippen LogP contribution < -0.4 is 0 Å². The second-order valence-corrected chi connectivity index (χ2v) is 4.80. The number of nitrogens with zero attached hydrogens (tertiary/aromatic N) is 3. The molecule has 0 saturated carbocycles. The molecule has 22 heavy (non-hydrogen) atoms. The molecule has 6 heteroatoms. The first-order valence-corrected chi connectivity index (χ1v) is 6.56. The number of aryl methyl sites for hydroxylation is 1. The quantitative estimate of drug-likeness (QED) is 0.806. The summed E-state index contributed by atoms with van der Waals surface area (Å²) in [5, 5.41) is 13.3. The average Bonchev–Trinajstić information content (AvgIpc) is 2.96. The Bertz CT molecular complexity index is 858. The topological polar surface area (TPSA) is 68.0 Å². The first-order chi connectivity index (χ1) is 10.6. The van der Waals surface area contributed by atoms with Gasteiger partial charge < -0.3 is 5.11 Å². The summed E-state index contributed by atoms with van der Waals surface area (Å²) >= 11 is 0. The summed E-state index contributed by atoms with van der Waals surface area (Å²) in [6, 6.07) is 9.11. The Morgan fingerprint density at radius 2 is 2.00 bits per heavy atom. The number of carboxylic acid groups (broad SMARTS) is 1. The van der Waals surface area contributed by atoms with Crippen molar-refractivity contribution in [3.63, 3.8) is 0 Å². The lowest BCUT2D eigenvalue weighted by Gasteiger charge is -2.09. The van der Waals surface area contributed by atoms with E-state index in [9.17, 15) is 9.18 Å². The van der Waals surface area contributed by atoms with Crippen molar-refractivity contribution in [2.75, 3.05) is 0 Å². The van der Waals surface area contributed by atoms with Gasteiger partial charge in [-0.15, -0.1) is 0 Å². The number of carboxylic acids is 1. The molecule has 1 N–H and O–H groups in total. The van der Waals surface area contributed by atoms with Gasteiger partial charge in [-0.25, -0.2) is 18.9 Å². The highest BCUT2D eigenvalue weighted by atomic mass is 19.1. The van der Waals surface area contributed by atoms with E-state index in [1.165, 1.54) is 35.1 Å². The Hall–Kier alpha value is -3.02. The number of carbonyl (C=O) groups is 1. The molecular formula is C16H12FN3O2. The monoisotopic (exact) mass is 297 g/mol. The minimum atomic E-state index is -1.03. The molecule has 0 unspecified atom stereocenters. The molecule has 0 atom stereocenters. The van der Waals surface area contributed by atoms with Crippen LogP contribution in [-0.2, 0) is 0 Å². The number of aromatic nitrogens is 3. The molecule has 5 nitrogen and oxygen atoms in total.